The quantitative estimate of drug-likeness (QED) is 0.612. The number of benzene rings is 1. The maximum absolute atomic E-state index is 13.3. The van der Waals surface area contributed by atoms with Gasteiger partial charge in [0.05, 0.1) is 11.1 Å². The first-order valence-electron chi connectivity index (χ1n) is 10.2. The summed E-state index contributed by atoms with van der Waals surface area (Å²) in [6, 6.07) is 10.4. The molecule has 0 unspecified atom stereocenters. The normalized spacial score (nSPS) is 14.5. The van der Waals surface area contributed by atoms with E-state index in [0.717, 1.165) is 23.1 Å². The van der Waals surface area contributed by atoms with Crippen LogP contribution in [-0.4, -0.2) is 51.9 Å². The number of amides is 1. The van der Waals surface area contributed by atoms with Crippen molar-refractivity contribution in [1.29, 1.82) is 0 Å². The molecular formula is C23H22F3N5O. The molecule has 4 rings (SSSR count). The van der Waals surface area contributed by atoms with Gasteiger partial charge >= 0.3 is 6.18 Å². The second kappa shape index (κ2) is 8.57. The largest absolute Gasteiger partial charge is 0.417 e. The van der Waals surface area contributed by atoms with Crippen molar-refractivity contribution < 1.29 is 18.0 Å². The van der Waals surface area contributed by atoms with Crippen LogP contribution in [0.15, 0.2) is 48.7 Å². The third-order valence-electron chi connectivity index (χ3n) is 5.59. The van der Waals surface area contributed by atoms with Gasteiger partial charge < -0.3 is 9.80 Å². The monoisotopic (exact) mass is 441 g/mol. The van der Waals surface area contributed by atoms with Crippen LogP contribution in [0.25, 0.3) is 11.5 Å². The molecule has 2 aromatic heterocycles. The van der Waals surface area contributed by atoms with E-state index in [1.165, 1.54) is 23.1 Å². The lowest BCUT2D eigenvalue weighted by molar-refractivity contribution is -0.138. The summed E-state index contributed by atoms with van der Waals surface area (Å²) >= 11 is 0. The van der Waals surface area contributed by atoms with Gasteiger partial charge in [0.2, 0.25) is 0 Å². The molecule has 0 spiro atoms. The van der Waals surface area contributed by atoms with Crippen molar-refractivity contribution in [3.8, 4) is 11.5 Å². The van der Waals surface area contributed by atoms with E-state index >= 15 is 0 Å². The van der Waals surface area contributed by atoms with Crippen molar-refractivity contribution in [1.82, 2.24) is 19.9 Å². The second-order valence-corrected chi connectivity index (χ2v) is 7.62. The van der Waals surface area contributed by atoms with Gasteiger partial charge in [-0.25, -0.2) is 9.97 Å². The standard InChI is InChI=1S/C23H22F3N5O/c1-15-16(2)28-20(19-9-5-6-10-27-19)29-21(15)30-11-13-31(14-12-30)22(32)17-7-3-4-8-18(17)23(24,25)26/h3-10H,11-14H2,1-2H3. The van der Waals surface area contributed by atoms with Gasteiger partial charge in [-0.3, -0.25) is 9.78 Å². The zero-order valence-electron chi connectivity index (χ0n) is 17.7. The zero-order chi connectivity index (χ0) is 22.9. The molecule has 1 amide bonds. The SMILES string of the molecule is Cc1nc(-c2ccccn2)nc(N2CCN(C(=O)c3ccccc3C(F)(F)F)CC2)c1C. The Hall–Kier alpha value is -3.49. The van der Waals surface area contributed by atoms with Crippen LogP contribution in [0.4, 0.5) is 19.0 Å². The van der Waals surface area contributed by atoms with E-state index in [0.29, 0.717) is 37.7 Å². The molecule has 0 saturated carbocycles. The molecule has 0 atom stereocenters. The molecule has 0 bridgehead atoms. The van der Waals surface area contributed by atoms with Gasteiger partial charge in [-0.1, -0.05) is 18.2 Å². The Labute approximate surface area is 183 Å². The number of carbonyl (C=O) groups is 1. The lowest BCUT2D eigenvalue weighted by atomic mass is 10.1. The molecule has 0 radical (unpaired) electrons. The van der Waals surface area contributed by atoms with Crippen molar-refractivity contribution in [2.45, 2.75) is 20.0 Å². The number of anilines is 1. The number of aryl methyl sites for hydroxylation is 1. The van der Waals surface area contributed by atoms with Gasteiger partial charge in [0.25, 0.3) is 5.91 Å². The molecule has 0 N–H and O–H groups in total. The van der Waals surface area contributed by atoms with E-state index in [1.54, 1.807) is 6.20 Å². The fourth-order valence-electron chi connectivity index (χ4n) is 3.74. The minimum Gasteiger partial charge on any atom is -0.353 e. The molecule has 6 nitrogen and oxygen atoms in total. The minimum absolute atomic E-state index is 0.298. The number of alkyl halides is 3. The number of rotatable bonds is 3. The Bertz CT molecular complexity index is 1130. The molecule has 1 aromatic carbocycles. The first kappa shape index (κ1) is 21.7. The van der Waals surface area contributed by atoms with Crippen LogP contribution >= 0.6 is 0 Å². The van der Waals surface area contributed by atoms with Gasteiger partial charge in [-0.2, -0.15) is 13.2 Å². The van der Waals surface area contributed by atoms with Gasteiger partial charge in [0.15, 0.2) is 5.82 Å². The highest BCUT2D eigenvalue weighted by Gasteiger charge is 2.36. The molecule has 3 heterocycles. The first-order chi connectivity index (χ1) is 15.3. The second-order valence-electron chi connectivity index (χ2n) is 7.62. The summed E-state index contributed by atoms with van der Waals surface area (Å²) in [5.41, 5.74) is 1.18. The molecule has 166 valence electrons. The molecular weight excluding hydrogens is 419 g/mol. The third kappa shape index (κ3) is 4.28. The molecule has 1 saturated heterocycles. The molecule has 9 heteroatoms. The lowest BCUT2D eigenvalue weighted by Crippen LogP contribution is -2.49. The summed E-state index contributed by atoms with van der Waals surface area (Å²) in [5, 5.41) is 0. The molecule has 32 heavy (non-hydrogen) atoms. The highest BCUT2D eigenvalue weighted by Crippen LogP contribution is 2.33. The first-order valence-corrected chi connectivity index (χ1v) is 10.2. The predicted molar refractivity (Wildman–Crippen MR) is 114 cm³/mol. The van der Waals surface area contributed by atoms with Crippen LogP contribution in [0.3, 0.4) is 0 Å². The van der Waals surface area contributed by atoms with E-state index in [-0.39, 0.29) is 5.56 Å². The van der Waals surface area contributed by atoms with Crippen molar-refractivity contribution in [2.24, 2.45) is 0 Å². The van der Waals surface area contributed by atoms with Crippen LogP contribution in [0.2, 0.25) is 0 Å². The Morgan fingerprint density at radius 2 is 1.62 bits per heavy atom. The van der Waals surface area contributed by atoms with E-state index in [4.69, 9.17) is 4.98 Å². The Morgan fingerprint density at radius 3 is 2.28 bits per heavy atom. The molecule has 1 aliphatic heterocycles. The highest BCUT2D eigenvalue weighted by atomic mass is 19.4. The number of hydrogen-bond donors (Lipinski definition) is 0. The third-order valence-corrected chi connectivity index (χ3v) is 5.59. The number of hydrogen-bond acceptors (Lipinski definition) is 5. The lowest BCUT2D eigenvalue weighted by Gasteiger charge is -2.36. The van der Waals surface area contributed by atoms with Gasteiger partial charge in [0.1, 0.15) is 11.5 Å². The predicted octanol–water partition coefficient (Wildman–Crippen LogP) is 4.14. The summed E-state index contributed by atoms with van der Waals surface area (Å²) in [4.78, 5) is 29.9. The zero-order valence-corrected chi connectivity index (χ0v) is 17.7. The average Bonchev–Trinajstić information content (AvgIpc) is 2.80. The average molecular weight is 441 g/mol. The smallest absolute Gasteiger partial charge is 0.353 e. The van der Waals surface area contributed by atoms with Crippen molar-refractivity contribution in [2.75, 3.05) is 31.1 Å². The maximum atomic E-state index is 13.3. The van der Waals surface area contributed by atoms with Crippen LogP contribution < -0.4 is 4.90 Å². The van der Waals surface area contributed by atoms with Crippen LogP contribution in [-0.2, 0) is 6.18 Å². The van der Waals surface area contributed by atoms with Gasteiger partial charge in [0, 0.05) is 43.6 Å². The van der Waals surface area contributed by atoms with Gasteiger partial charge in [-0.05, 0) is 38.1 Å². The maximum Gasteiger partial charge on any atom is 0.417 e. The summed E-state index contributed by atoms with van der Waals surface area (Å²) in [6.07, 6.45) is -2.90. The Kier molecular flexibility index (Phi) is 5.82. The molecule has 3 aromatic rings. The van der Waals surface area contributed by atoms with Crippen molar-refractivity contribution in [3.05, 3.63) is 71.0 Å². The van der Waals surface area contributed by atoms with Crippen LogP contribution in [0.5, 0.6) is 0 Å². The molecule has 1 fully saturated rings. The number of piperazine rings is 1. The van der Waals surface area contributed by atoms with Crippen LogP contribution in [0, 0.1) is 13.8 Å². The molecule has 0 aliphatic carbocycles. The van der Waals surface area contributed by atoms with Gasteiger partial charge in [-0.15, -0.1) is 0 Å². The Morgan fingerprint density at radius 1 is 0.938 bits per heavy atom. The summed E-state index contributed by atoms with van der Waals surface area (Å²) in [6.45, 7) is 5.35. The van der Waals surface area contributed by atoms with Crippen molar-refractivity contribution >= 4 is 11.7 Å². The fraction of sp³-hybridized carbons (Fsp3) is 0.304. The van der Waals surface area contributed by atoms with E-state index in [2.05, 4.69) is 9.97 Å². The minimum atomic E-state index is -4.58. The van der Waals surface area contributed by atoms with Crippen LogP contribution in [0.1, 0.15) is 27.2 Å². The summed E-state index contributed by atoms with van der Waals surface area (Å²) in [5.74, 6) is 0.657. The number of nitrogens with zero attached hydrogens (tertiary/aromatic N) is 5. The Balaban J connectivity index is 1.54. The van der Waals surface area contributed by atoms with E-state index in [9.17, 15) is 18.0 Å². The summed E-state index contributed by atoms with van der Waals surface area (Å²) in [7, 11) is 0. The molecule has 1 aliphatic rings. The van der Waals surface area contributed by atoms with E-state index < -0.39 is 17.6 Å². The summed E-state index contributed by atoms with van der Waals surface area (Å²) < 4.78 is 40.0. The van der Waals surface area contributed by atoms with E-state index in [1.807, 2.05) is 36.9 Å². The number of halogens is 3. The number of carbonyl (C=O) groups excluding carboxylic acids is 1. The number of pyridine rings is 1. The van der Waals surface area contributed by atoms with Crippen molar-refractivity contribution in [3.63, 3.8) is 0 Å². The highest BCUT2D eigenvalue weighted by molar-refractivity contribution is 5.96. The number of aromatic nitrogens is 3. The fourth-order valence-corrected chi connectivity index (χ4v) is 3.74. The topological polar surface area (TPSA) is 62.2 Å².